The summed E-state index contributed by atoms with van der Waals surface area (Å²) in [5.41, 5.74) is 0.442. The van der Waals surface area contributed by atoms with Crippen LogP contribution in [0.4, 0.5) is 0 Å². The van der Waals surface area contributed by atoms with E-state index in [1.165, 1.54) is 0 Å². The highest BCUT2D eigenvalue weighted by atomic mass is 79.9. The van der Waals surface area contributed by atoms with E-state index in [9.17, 15) is 4.79 Å². The molecular weight excluding hydrogens is 384 g/mol. The van der Waals surface area contributed by atoms with E-state index in [2.05, 4.69) is 15.9 Å². The highest BCUT2D eigenvalue weighted by molar-refractivity contribution is 9.10. The lowest BCUT2D eigenvalue weighted by Gasteiger charge is -2.14. The van der Waals surface area contributed by atoms with Gasteiger partial charge in [-0.25, -0.2) is 0 Å². The Morgan fingerprint density at radius 2 is 1.78 bits per heavy atom. The zero-order valence-electron chi connectivity index (χ0n) is 12.6. The summed E-state index contributed by atoms with van der Waals surface area (Å²) >= 11 is 9.52. The molecule has 0 bridgehead atoms. The molecule has 0 aromatic heterocycles. The maximum Gasteiger partial charge on any atom is 0.179 e. The van der Waals surface area contributed by atoms with Crippen LogP contribution in [0.3, 0.4) is 0 Å². The van der Waals surface area contributed by atoms with Gasteiger partial charge in [0, 0.05) is 10.0 Å². The molecule has 0 fully saturated rings. The van der Waals surface area contributed by atoms with Crippen LogP contribution >= 0.6 is 27.5 Å². The quantitative estimate of drug-likeness (QED) is 0.474. The minimum atomic E-state index is 0.302. The topological polar surface area (TPSA) is 44.8 Å². The number of hydrogen-bond donors (Lipinski definition) is 0. The van der Waals surface area contributed by atoms with Crippen LogP contribution in [0.25, 0.3) is 0 Å². The van der Waals surface area contributed by atoms with Crippen LogP contribution < -0.4 is 14.2 Å². The minimum Gasteiger partial charge on any atom is -0.490 e. The minimum absolute atomic E-state index is 0.302. The maximum absolute atomic E-state index is 10.9. The van der Waals surface area contributed by atoms with Crippen molar-refractivity contribution in [1.29, 1.82) is 0 Å². The maximum atomic E-state index is 10.9. The number of hydrogen-bond acceptors (Lipinski definition) is 4. The SMILES string of the molecule is CCOc1cc(C=O)cc(Cl)c1OCCOc1ccc(Br)cc1. The van der Waals surface area contributed by atoms with E-state index in [4.69, 9.17) is 25.8 Å². The van der Waals surface area contributed by atoms with Gasteiger partial charge in [0.2, 0.25) is 0 Å². The van der Waals surface area contributed by atoms with E-state index in [0.717, 1.165) is 16.5 Å². The van der Waals surface area contributed by atoms with Crippen molar-refractivity contribution < 1.29 is 19.0 Å². The second-order valence-corrected chi connectivity index (χ2v) is 5.85. The predicted octanol–water partition coefficient (Wildman–Crippen LogP) is 4.77. The Kier molecular flexibility index (Phi) is 6.74. The molecule has 2 rings (SSSR count). The van der Waals surface area contributed by atoms with E-state index in [-0.39, 0.29) is 0 Å². The number of aldehydes is 1. The van der Waals surface area contributed by atoms with E-state index >= 15 is 0 Å². The Hall–Kier alpha value is -1.72. The molecule has 122 valence electrons. The molecule has 0 atom stereocenters. The molecule has 2 aromatic rings. The van der Waals surface area contributed by atoms with Crippen molar-refractivity contribution >= 4 is 33.8 Å². The summed E-state index contributed by atoms with van der Waals surface area (Å²) < 4.78 is 17.7. The molecule has 0 aliphatic carbocycles. The highest BCUT2D eigenvalue weighted by Crippen LogP contribution is 2.36. The van der Waals surface area contributed by atoms with E-state index in [1.807, 2.05) is 31.2 Å². The first kappa shape index (κ1) is 17.6. The molecule has 6 heteroatoms. The van der Waals surface area contributed by atoms with E-state index < -0.39 is 0 Å². The number of benzene rings is 2. The monoisotopic (exact) mass is 398 g/mol. The number of carbonyl (C=O) groups excluding carboxylic acids is 1. The summed E-state index contributed by atoms with van der Waals surface area (Å²) in [6, 6.07) is 10.7. The third-order valence-corrected chi connectivity index (χ3v) is 3.69. The lowest BCUT2D eigenvalue weighted by molar-refractivity contribution is 0.112. The van der Waals surface area contributed by atoms with Gasteiger partial charge in [0.15, 0.2) is 11.5 Å². The van der Waals surface area contributed by atoms with Crippen LogP contribution in [-0.2, 0) is 0 Å². The molecule has 2 aromatic carbocycles. The Morgan fingerprint density at radius 3 is 2.43 bits per heavy atom. The molecule has 0 amide bonds. The second-order valence-electron chi connectivity index (χ2n) is 4.53. The van der Waals surface area contributed by atoms with Crippen LogP contribution in [-0.4, -0.2) is 26.1 Å². The van der Waals surface area contributed by atoms with Gasteiger partial charge in [-0.05, 0) is 43.3 Å². The zero-order valence-corrected chi connectivity index (χ0v) is 14.9. The lowest BCUT2D eigenvalue weighted by atomic mass is 10.2. The largest absolute Gasteiger partial charge is 0.490 e. The highest BCUT2D eigenvalue weighted by Gasteiger charge is 2.12. The van der Waals surface area contributed by atoms with Gasteiger partial charge in [-0.15, -0.1) is 0 Å². The molecule has 0 N–H and O–H groups in total. The zero-order chi connectivity index (χ0) is 16.7. The summed E-state index contributed by atoms with van der Waals surface area (Å²) in [6.45, 7) is 2.96. The first-order valence-electron chi connectivity index (χ1n) is 7.06. The van der Waals surface area contributed by atoms with Gasteiger partial charge in [0.05, 0.1) is 11.6 Å². The van der Waals surface area contributed by atoms with Crippen LogP contribution in [0.5, 0.6) is 17.2 Å². The summed E-state index contributed by atoms with van der Waals surface area (Å²) in [4.78, 5) is 10.9. The van der Waals surface area contributed by atoms with Gasteiger partial charge in [-0.1, -0.05) is 27.5 Å². The van der Waals surface area contributed by atoms with Crippen molar-refractivity contribution in [1.82, 2.24) is 0 Å². The van der Waals surface area contributed by atoms with Gasteiger partial charge >= 0.3 is 0 Å². The predicted molar refractivity (Wildman–Crippen MR) is 93.1 cm³/mol. The van der Waals surface area contributed by atoms with Gasteiger partial charge in [0.25, 0.3) is 0 Å². The Balaban J connectivity index is 1.96. The molecule has 0 saturated heterocycles. The van der Waals surface area contributed by atoms with Gasteiger partial charge in [0.1, 0.15) is 25.2 Å². The summed E-state index contributed by atoms with van der Waals surface area (Å²) in [7, 11) is 0. The van der Waals surface area contributed by atoms with Crippen molar-refractivity contribution in [2.75, 3.05) is 19.8 Å². The molecule has 0 aliphatic heterocycles. The standard InChI is InChI=1S/C17H16BrClO4/c1-2-21-16-10-12(11-20)9-15(19)17(16)23-8-7-22-14-5-3-13(18)4-6-14/h3-6,9-11H,2,7-8H2,1H3. The summed E-state index contributed by atoms with van der Waals surface area (Å²) in [6.07, 6.45) is 0.717. The number of rotatable bonds is 8. The number of halogens is 2. The van der Waals surface area contributed by atoms with Crippen molar-refractivity contribution in [2.45, 2.75) is 6.92 Å². The van der Waals surface area contributed by atoms with Crippen LogP contribution in [0.1, 0.15) is 17.3 Å². The molecular formula is C17H16BrClO4. The Bertz CT molecular complexity index is 658. The number of carbonyl (C=O) groups is 1. The Labute approximate surface area is 148 Å². The fourth-order valence-electron chi connectivity index (χ4n) is 1.89. The second kappa shape index (κ2) is 8.79. The van der Waals surface area contributed by atoms with Crippen molar-refractivity contribution in [3.8, 4) is 17.2 Å². The average molecular weight is 400 g/mol. The molecule has 0 spiro atoms. The normalized spacial score (nSPS) is 10.2. The average Bonchev–Trinajstić information content (AvgIpc) is 2.55. The van der Waals surface area contributed by atoms with Gasteiger partial charge in [-0.2, -0.15) is 0 Å². The number of ether oxygens (including phenoxy) is 3. The third kappa shape index (κ3) is 5.15. The van der Waals surface area contributed by atoms with E-state index in [1.54, 1.807) is 12.1 Å². The van der Waals surface area contributed by atoms with Gasteiger partial charge < -0.3 is 14.2 Å². The molecule has 0 unspecified atom stereocenters. The lowest BCUT2D eigenvalue weighted by Crippen LogP contribution is -2.10. The summed E-state index contributed by atoms with van der Waals surface area (Å²) in [5, 5.41) is 0.335. The van der Waals surface area contributed by atoms with Crippen LogP contribution in [0, 0.1) is 0 Å². The van der Waals surface area contributed by atoms with Crippen LogP contribution in [0.2, 0.25) is 5.02 Å². The van der Waals surface area contributed by atoms with Crippen molar-refractivity contribution in [2.24, 2.45) is 0 Å². The Morgan fingerprint density at radius 1 is 1.09 bits per heavy atom. The van der Waals surface area contributed by atoms with Crippen LogP contribution in [0.15, 0.2) is 40.9 Å². The third-order valence-electron chi connectivity index (χ3n) is 2.88. The smallest absolute Gasteiger partial charge is 0.179 e. The fourth-order valence-corrected chi connectivity index (χ4v) is 2.43. The molecule has 0 aliphatic rings. The van der Waals surface area contributed by atoms with Crippen molar-refractivity contribution in [3.05, 3.63) is 51.5 Å². The molecule has 0 saturated carbocycles. The van der Waals surface area contributed by atoms with E-state index in [0.29, 0.717) is 41.9 Å². The first-order chi connectivity index (χ1) is 11.1. The molecule has 0 radical (unpaired) electrons. The molecule has 0 heterocycles. The first-order valence-corrected chi connectivity index (χ1v) is 8.23. The van der Waals surface area contributed by atoms with Crippen molar-refractivity contribution in [3.63, 3.8) is 0 Å². The fraction of sp³-hybridized carbons (Fsp3) is 0.235. The molecule has 23 heavy (non-hydrogen) atoms. The molecule has 4 nitrogen and oxygen atoms in total. The van der Waals surface area contributed by atoms with Gasteiger partial charge in [-0.3, -0.25) is 4.79 Å². The summed E-state index contributed by atoms with van der Waals surface area (Å²) in [5.74, 6) is 1.62.